The normalized spacial score (nSPS) is 16.4. The number of likely N-dealkylation sites (tertiary alicyclic amines) is 1. The fourth-order valence-corrected chi connectivity index (χ4v) is 3.21. The SMILES string of the molecule is CN(Cc1ccoc1)C(=O)CN1CCC(c2ccccc2)CC1. The molecule has 1 aliphatic rings. The lowest BCUT2D eigenvalue weighted by Gasteiger charge is -2.32. The first-order chi connectivity index (χ1) is 11.2. The fraction of sp³-hybridized carbons (Fsp3) is 0.421. The molecule has 1 saturated heterocycles. The number of nitrogens with zero attached hydrogens (tertiary/aromatic N) is 2. The highest BCUT2D eigenvalue weighted by molar-refractivity contribution is 5.78. The first-order valence-corrected chi connectivity index (χ1v) is 8.24. The number of benzene rings is 1. The molecule has 2 heterocycles. The maximum Gasteiger partial charge on any atom is 0.236 e. The molecular formula is C19H24N2O2. The Morgan fingerprint density at radius 1 is 1.22 bits per heavy atom. The Hall–Kier alpha value is -2.07. The summed E-state index contributed by atoms with van der Waals surface area (Å²) in [5.41, 5.74) is 2.46. The van der Waals surface area contributed by atoms with Crippen LogP contribution in [0, 0.1) is 0 Å². The molecule has 1 aliphatic heterocycles. The van der Waals surface area contributed by atoms with Crippen molar-refractivity contribution in [2.24, 2.45) is 0 Å². The zero-order chi connectivity index (χ0) is 16.1. The van der Waals surface area contributed by atoms with E-state index in [-0.39, 0.29) is 5.91 Å². The van der Waals surface area contributed by atoms with Gasteiger partial charge in [-0.05, 0) is 43.5 Å². The summed E-state index contributed by atoms with van der Waals surface area (Å²) in [5, 5.41) is 0. The third-order valence-corrected chi connectivity index (χ3v) is 4.64. The summed E-state index contributed by atoms with van der Waals surface area (Å²) >= 11 is 0. The van der Waals surface area contributed by atoms with Gasteiger partial charge < -0.3 is 9.32 Å². The Morgan fingerprint density at radius 2 is 1.96 bits per heavy atom. The molecule has 0 bridgehead atoms. The van der Waals surface area contributed by atoms with Crippen LogP contribution in [-0.4, -0.2) is 42.4 Å². The first-order valence-electron chi connectivity index (χ1n) is 8.24. The number of hydrogen-bond acceptors (Lipinski definition) is 3. The number of carbonyl (C=O) groups excluding carboxylic acids is 1. The van der Waals surface area contributed by atoms with Crippen LogP contribution in [0.15, 0.2) is 53.3 Å². The van der Waals surface area contributed by atoms with Gasteiger partial charge in [0, 0.05) is 19.2 Å². The number of furan rings is 1. The number of piperidine rings is 1. The van der Waals surface area contributed by atoms with Crippen molar-refractivity contribution in [2.75, 3.05) is 26.7 Å². The van der Waals surface area contributed by atoms with Crippen molar-refractivity contribution in [2.45, 2.75) is 25.3 Å². The van der Waals surface area contributed by atoms with Crippen molar-refractivity contribution >= 4 is 5.91 Å². The third kappa shape index (κ3) is 4.23. The van der Waals surface area contributed by atoms with E-state index in [1.165, 1.54) is 5.56 Å². The molecular weight excluding hydrogens is 288 g/mol. The van der Waals surface area contributed by atoms with E-state index in [2.05, 4.69) is 35.2 Å². The van der Waals surface area contributed by atoms with Crippen LogP contribution in [0.3, 0.4) is 0 Å². The fourth-order valence-electron chi connectivity index (χ4n) is 3.21. The Balaban J connectivity index is 1.46. The van der Waals surface area contributed by atoms with Gasteiger partial charge in [0.2, 0.25) is 5.91 Å². The minimum atomic E-state index is 0.171. The molecule has 3 rings (SSSR count). The topological polar surface area (TPSA) is 36.7 Å². The van der Waals surface area contributed by atoms with Gasteiger partial charge in [-0.1, -0.05) is 30.3 Å². The number of likely N-dealkylation sites (N-methyl/N-ethyl adjacent to an activating group) is 1. The van der Waals surface area contributed by atoms with Crippen molar-refractivity contribution in [3.05, 3.63) is 60.1 Å². The summed E-state index contributed by atoms with van der Waals surface area (Å²) in [6, 6.07) is 12.6. The summed E-state index contributed by atoms with van der Waals surface area (Å²) in [6.07, 6.45) is 5.59. The van der Waals surface area contributed by atoms with E-state index >= 15 is 0 Å². The van der Waals surface area contributed by atoms with Crippen LogP contribution < -0.4 is 0 Å². The van der Waals surface area contributed by atoms with Crippen LogP contribution in [0.25, 0.3) is 0 Å². The molecule has 0 aliphatic carbocycles. The van der Waals surface area contributed by atoms with Gasteiger partial charge in [0.25, 0.3) is 0 Å². The highest BCUT2D eigenvalue weighted by Gasteiger charge is 2.22. The van der Waals surface area contributed by atoms with Gasteiger partial charge in [-0.3, -0.25) is 9.69 Å². The van der Waals surface area contributed by atoms with E-state index in [1.54, 1.807) is 17.4 Å². The molecule has 0 atom stereocenters. The number of rotatable bonds is 5. The molecule has 0 radical (unpaired) electrons. The first kappa shape index (κ1) is 15.8. The van der Waals surface area contributed by atoms with E-state index in [0.717, 1.165) is 31.5 Å². The minimum Gasteiger partial charge on any atom is -0.472 e. The Labute approximate surface area is 137 Å². The van der Waals surface area contributed by atoms with E-state index in [0.29, 0.717) is 19.0 Å². The second-order valence-electron chi connectivity index (χ2n) is 6.34. The molecule has 4 heteroatoms. The highest BCUT2D eigenvalue weighted by atomic mass is 16.3. The quantitative estimate of drug-likeness (QED) is 0.851. The zero-order valence-electron chi connectivity index (χ0n) is 13.6. The van der Waals surface area contributed by atoms with Crippen molar-refractivity contribution in [3.8, 4) is 0 Å². The lowest BCUT2D eigenvalue weighted by atomic mass is 9.89. The molecule has 23 heavy (non-hydrogen) atoms. The van der Waals surface area contributed by atoms with Crippen LogP contribution in [-0.2, 0) is 11.3 Å². The summed E-state index contributed by atoms with van der Waals surface area (Å²) in [4.78, 5) is 16.4. The van der Waals surface area contributed by atoms with Crippen molar-refractivity contribution in [3.63, 3.8) is 0 Å². The Kier molecular flexibility index (Phi) is 5.13. The zero-order valence-corrected chi connectivity index (χ0v) is 13.6. The van der Waals surface area contributed by atoms with Crippen LogP contribution in [0.1, 0.15) is 29.9 Å². The average molecular weight is 312 g/mol. The molecule has 1 amide bonds. The number of amides is 1. The van der Waals surface area contributed by atoms with Gasteiger partial charge in [0.05, 0.1) is 19.1 Å². The van der Waals surface area contributed by atoms with Gasteiger partial charge in [-0.25, -0.2) is 0 Å². The predicted molar refractivity (Wildman–Crippen MR) is 90.0 cm³/mol. The van der Waals surface area contributed by atoms with Crippen molar-refractivity contribution in [1.82, 2.24) is 9.80 Å². The summed E-state index contributed by atoms with van der Waals surface area (Å²) in [6.45, 7) is 3.10. The molecule has 0 saturated carbocycles. The molecule has 0 spiro atoms. The van der Waals surface area contributed by atoms with E-state index in [9.17, 15) is 4.79 Å². The molecule has 1 aromatic heterocycles. The summed E-state index contributed by atoms with van der Waals surface area (Å²) in [7, 11) is 1.85. The minimum absolute atomic E-state index is 0.171. The van der Waals surface area contributed by atoms with Gasteiger partial charge in [0.1, 0.15) is 0 Å². The Bertz CT molecular complexity index is 602. The lowest BCUT2D eigenvalue weighted by Crippen LogP contribution is -2.41. The highest BCUT2D eigenvalue weighted by Crippen LogP contribution is 2.27. The maximum atomic E-state index is 12.3. The lowest BCUT2D eigenvalue weighted by molar-refractivity contribution is -0.131. The molecule has 0 unspecified atom stereocenters. The van der Waals surface area contributed by atoms with Gasteiger partial charge >= 0.3 is 0 Å². The monoisotopic (exact) mass is 312 g/mol. The van der Waals surface area contributed by atoms with Crippen molar-refractivity contribution < 1.29 is 9.21 Å². The third-order valence-electron chi connectivity index (χ3n) is 4.64. The second-order valence-corrected chi connectivity index (χ2v) is 6.34. The van der Waals surface area contributed by atoms with Crippen molar-refractivity contribution in [1.29, 1.82) is 0 Å². The van der Waals surface area contributed by atoms with Gasteiger partial charge in [-0.15, -0.1) is 0 Å². The molecule has 4 nitrogen and oxygen atoms in total. The standard InChI is InChI=1S/C19H24N2O2/c1-20(13-16-9-12-23-15-16)19(22)14-21-10-7-18(8-11-21)17-5-3-2-4-6-17/h2-6,9,12,15,18H,7-8,10-11,13-14H2,1H3. The average Bonchev–Trinajstić information content (AvgIpc) is 3.09. The summed E-state index contributed by atoms with van der Waals surface area (Å²) < 4.78 is 5.05. The number of carbonyl (C=O) groups is 1. The predicted octanol–water partition coefficient (Wildman–Crippen LogP) is 3.12. The molecule has 2 aromatic rings. The molecule has 122 valence electrons. The van der Waals surface area contributed by atoms with E-state index in [4.69, 9.17) is 4.42 Å². The summed E-state index contributed by atoms with van der Waals surface area (Å²) in [5.74, 6) is 0.801. The molecule has 1 aromatic carbocycles. The van der Waals surface area contributed by atoms with Crippen LogP contribution >= 0.6 is 0 Å². The molecule has 1 fully saturated rings. The van der Waals surface area contributed by atoms with Crippen LogP contribution in [0.5, 0.6) is 0 Å². The van der Waals surface area contributed by atoms with E-state index in [1.807, 2.05) is 13.1 Å². The maximum absolute atomic E-state index is 12.3. The Morgan fingerprint density at radius 3 is 2.61 bits per heavy atom. The second kappa shape index (κ2) is 7.47. The molecule has 0 N–H and O–H groups in total. The largest absolute Gasteiger partial charge is 0.472 e. The number of hydrogen-bond donors (Lipinski definition) is 0. The van der Waals surface area contributed by atoms with Crippen LogP contribution in [0.2, 0.25) is 0 Å². The van der Waals surface area contributed by atoms with E-state index < -0.39 is 0 Å². The van der Waals surface area contributed by atoms with Crippen LogP contribution in [0.4, 0.5) is 0 Å². The smallest absolute Gasteiger partial charge is 0.236 e. The van der Waals surface area contributed by atoms with Gasteiger partial charge in [-0.2, -0.15) is 0 Å². The van der Waals surface area contributed by atoms with Gasteiger partial charge in [0.15, 0.2) is 0 Å².